The molecule has 334 valence electrons. The van der Waals surface area contributed by atoms with Crippen molar-refractivity contribution in [1.29, 1.82) is 0 Å². The van der Waals surface area contributed by atoms with Gasteiger partial charge in [-0.1, -0.05) is 282 Å². The van der Waals surface area contributed by atoms with Gasteiger partial charge in [0.25, 0.3) is 16.6 Å². The molecule has 0 spiro atoms. The summed E-state index contributed by atoms with van der Waals surface area (Å²) in [4.78, 5) is 0. The number of hydrogen-bond acceptors (Lipinski definition) is 2. The first-order valence-electron chi connectivity index (χ1n) is 23.7. The zero-order valence-electron chi connectivity index (χ0n) is 39.7. The van der Waals surface area contributed by atoms with E-state index in [2.05, 4.69) is 282 Å². The standard InChI is InChI=1S/C60H66O2Si4/c1-63(2,3)59(55-39-23-11-24-40-55,56-41-25-12-26-42-56)65(47-51-31-15-7-16-32-51,48-52-33-17-8-18-34-52)61-62-66(49-53-35-19-9-20-36-53,50-54-37-21-10-22-38-54)60(64(4,5)6,57-43-27-13-28-44-57)58-45-29-14-30-46-58/h7-46H,47-50H2,1-6H3. The highest BCUT2D eigenvalue weighted by Gasteiger charge is 2.68. The Kier molecular flexibility index (Phi) is 14.4. The first-order chi connectivity index (χ1) is 31.9. The van der Waals surface area contributed by atoms with Crippen LogP contribution >= 0.6 is 0 Å². The van der Waals surface area contributed by atoms with Crippen LogP contribution in [0.4, 0.5) is 0 Å². The summed E-state index contributed by atoms with van der Waals surface area (Å²) in [6.45, 7) is 15.5. The fourth-order valence-corrected chi connectivity index (χ4v) is 37.8. The van der Waals surface area contributed by atoms with Crippen LogP contribution in [0, 0.1) is 0 Å². The highest BCUT2D eigenvalue weighted by atomic mass is 28.4. The molecule has 0 radical (unpaired) electrons. The zero-order valence-corrected chi connectivity index (χ0v) is 43.7. The van der Waals surface area contributed by atoms with Gasteiger partial charge in [0, 0.05) is 9.32 Å². The molecule has 0 aliphatic carbocycles. The van der Waals surface area contributed by atoms with Crippen LogP contribution in [0.1, 0.15) is 44.5 Å². The van der Waals surface area contributed by atoms with Crippen molar-refractivity contribution in [3.8, 4) is 0 Å². The first-order valence-corrected chi connectivity index (χ1v) is 35.3. The maximum Gasteiger partial charge on any atom is 0.258 e. The van der Waals surface area contributed by atoms with Crippen LogP contribution in [0.15, 0.2) is 243 Å². The van der Waals surface area contributed by atoms with Crippen molar-refractivity contribution in [3.63, 3.8) is 0 Å². The molecule has 0 saturated heterocycles. The van der Waals surface area contributed by atoms with Crippen LogP contribution < -0.4 is 0 Å². The number of hydrogen-bond donors (Lipinski definition) is 0. The second-order valence-corrected chi connectivity index (χ2v) is 39.0. The second kappa shape index (κ2) is 20.2. The lowest BCUT2D eigenvalue weighted by Crippen LogP contribution is -2.76. The van der Waals surface area contributed by atoms with Gasteiger partial charge in [0.05, 0.1) is 16.1 Å². The Morgan fingerprint density at radius 1 is 0.258 bits per heavy atom. The summed E-state index contributed by atoms with van der Waals surface area (Å²) < 4.78 is 16.1. The van der Waals surface area contributed by atoms with Crippen molar-refractivity contribution < 1.29 is 9.15 Å². The average Bonchev–Trinajstić information content (AvgIpc) is 3.33. The van der Waals surface area contributed by atoms with Crippen LogP contribution in [-0.2, 0) is 42.7 Å². The lowest BCUT2D eigenvalue weighted by molar-refractivity contribution is -0.137. The minimum atomic E-state index is -3.47. The molecule has 8 rings (SSSR count). The maximum absolute atomic E-state index is 8.55. The van der Waals surface area contributed by atoms with Crippen molar-refractivity contribution in [1.82, 2.24) is 0 Å². The van der Waals surface area contributed by atoms with Crippen molar-refractivity contribution >= 4 is 32.8 Å². The highest BCUT2D eigenvalue weighted by Crippen LogP contribution is 2.54. The van der Waals surface area contributed by atoms with Gasteiger partial charge in [0.2, 0.25) is 0 Å². The monoisotopic (exact) mass is 930 g/mol. The van der Waals surface area contributed by atoms with Gasteiger partial charge >= 0.3 is 0 Å². The molecule has 0 amide bonds. The highest BCUT2D eigenvalue weighted by molar-refractivity contribution is 6.99. The lowest BCUT2D eigenvalue weighted by Gasteiger charge is -2.59. The molecule has 0 heterocycles. The summed E-state index contributed by atoms with van der Waals surface area (Å²) in [5, 5.41) is 0. The minimum Gasteiger partial charge on any atom is -0.296 e. The van der Waals surface area contributed by atoms with E-state index in [0.717, 1.165) is 24.2 Å². The minimum absolute atomic E-state index is 0.491. The fourth-order valence-electron chi connectivity index (χ4n) is 12.0. The summed E-state index contributed by atoms with van der Waals surface area (Å²) >= 11 is 0. The molecule has 0 aromatic heterocycles. The average molecular weight is 932 g/mol. The van der Waals surface area contributed by atoms with Gasteiger partial charge in [-0.25, -0.2) is 0 Å². The van der Waals surface area contributed by atoms with Crippen LogP contribution in [0.3, 0.4) is 0 Å². The van der Waals surface area contributed by atoms with Gasteiger partial charge in [-0.2, -0.15) is 0 Å². The summed E-state index contributed by atoms with van der Waals surface area (Å²) in [5.41, 5.74) is 10.4. The summed E-state index contributed by atoms with van der Waals surface area (Å²) in [7, 11) is -11.8. The van der Waals surface area contributed by atoms with Gasteiger partial charge in [-0.3, -0.25) is 9.15 Å². The molecule has 2 nitrogen and oxygen atoms in total. The smallest absolute Gasteiger partial charge is 0.258 e. The summed E-state index contributed by atoms with van der Waals surface area (Å²) in [5.74, 6) is 0. The Labute approximate surface area is 399 Å². The third-order valence-corrected chi connectivity index (χ3v) is 35.8. The van der Waals surface area contributed by atoms with Gasteiger partial charge in [0.1, 0.15) is 0 Å². The molecule has 66 heavy (non-hydrogen) atoms. The molecule has 0 saturated carbocycles. The first kappa shape index (κ1) is 47.1. The molecule has 8 aromatic carbocycles. The third-order valence-electron chi connectivity index (χ3n) is 14.1. The largest absolute Gasteiger partial charge is 0.296 e. The summed E-state index contributed by atoms with van der Waals surface area (Å²) in [6.07, 6.45) is 0. The molecule has 6 heteroatoms. The Morgan fingerprint density at radius 2 is 0.424 bits per heavy atom. The van der Waals surface area contributed by atoms with Gasteiger partial charge in [-0.05, 0) is 68.7 Å². The number of benzene rings is 8. The van der Waals surface area contributed by atoms with Crippen molar-refractivity contribution in [2.75, 3.05) is 0 Å². The van der Waals surface area contributed by atoms with E-state index in [1.54, 1.807) is 0 Å². The summed E-state index contributed by atoms with van der Waals surface area (Å²) in [6, 6.07) is 93.5. The maximum atomic E-state index is 8.55. The van der Waals surface area contributed by atoms with E-state index in [0.29, 0.717) is 0 Å². The van der Waals surface area contributed by atoms with Crippen molar-refractivity contribution in [2.45, 2.75) is 72.8 Å². The quantitative estimate of drug-likeness (QED) is 0.0457. The third kappa shape index (κ3) is 9.15. The van der Waals surface area contributed by atoms with Crippen molar-refractivity contribution in [2.24, 2.45) is 0 Å². The molecule has 0 bridgehead atoms. The molecule has 0 aliphatic heterocycles. The SMILES string of the molecule is C[Si](C)(C)C(c1ccccc1)(c1ccccc1)[Si](Cc1ccccc1)(Cc1ccccc1)OO[Si](Cc1ccccc1)(Cc1ccccc1)C(c1ccccc1)(c1ccccc1)[Si](C)(C)C. The lowest BCUT2D eigenvalue weighted by atomic mass is 10.0. The second-order valence-electron chi connectivity index (χ2n) is 20.3. The van der Waals surface area contributed by atoms with Crippen LogP contribution in [-0.4, -0.2) is 32.8 Å². The van der Waals surface area contributed by atoms with Gasteiger partial charge in [-0.15, -0.1) is 0 Å². The molecule has 0 aliphatic rings. The Morgan fingerprint density at radius 3 is 0.591 bits per heavy atom. The molecule has 0 atom stereocenters. The topological polar surface area (TPSA) is 18.5 Å². The van der Waals surface area contributed by atoms with Gasteiger partial charge in [0.15, 0.2) is 0 Å². The van der Waals surface area contributed by atoms with E-state index in [4.69, 9.17) is 9.15 Å². The van der Waals surface area contributed by atoms with E-state index in [9.17, 15) is 0 Å². The molecule has 8 aromatic rings. The zero-order chi connectivity index (χ0) is 46.1. The van der Waals surface area contributed by atoms with E-state index >= 15 is 0 Å². The van der Waals surface area contributed by atoms with Crippen LogP contribution in [0.2, 0.25) is 39.3 Å². The fraction of sp³-hybridized carbons (Fsp3) is 0.200. The molecule has 0 N–H and O–H groups in total. The predicted molar refractivity (Wildman–Crippen MR) is 288 cm³/mol. The van der Waals surface area contributed by atoms with Crippen LogP contribution in [0.5, 0.6) is 0 Å². The van der Waals surface area contributed by atoms with E-state index in [-0.39, 0.29) is 0 Å². The van der Waals surface area contributed by atoms with Crippen molar-refractivity contribution in [3.05, 3.63) is 287 Å². The van der Waals surface area contributed by atoms with E-state index in [1.165, 1.54) is 44.5 Å². The van der Waals surface area contributed by atoms with E-state index in [1.807, 2.05) is 0 Å². The Balaban J connectivity index is 1.54. The molecular weight excluding hydrogens is 865 g/mol. The molecule has 0 fully saturated rings. The molecular formula is C60H66O2Si4. The van der Waals surface area contributed by atoms with E-state index < -0.39 is 42.1 Å². The Bertz CT molecular complexity index is 2340. The Hall–Kier alpha value is -5.45. The van der Waals surface area contributed by atoms with Gasteiger partial charge < -0.3 is 0 Å². The predicted octanol–water partition coefficient (Wildman–Crippen LogP) is 14.8. The number of rotatable bonds is 19. The normalized spacial score (nSPS) is 12.8. The van der Waals surface area contributed by atoms with Crippen LogP contribution in [0.25, 0.3) is 0 Å². The molecule has 0 unspecified atom stereocenters.